The Morgan fingerprint density at radius 2 is 2.14 bits per heavy atom. The average Bonchev–Trinajstić information content (AvgIpc) is 2.08. The molecular weight excluding hydrogens is 203 g/mol. The number of hydrogen-bond donors (Lipinski definition) is 1. The van der Waals surface area contributed by atoms with Crippen LogP contribution in [0.15, 0.2) is 29.8 Å². The molecule has 1 rings (SSSR count). The van der Waals surface area contributed by atoms with Crippen molar-refractivity contribution in [2.75, 3.05) is 0 Å². The smallest absolute Gasteiger partial charge is 0.142 e. The van der Waals surface area contributed by atoms with Gasteiger partial charge >= 0.3 is 0 Å². The van der Waals surface area contributed by atoms with E-state index in [4.69, 9.17) is 11.6 Å². The minimum Gasteiger partial charge on any atom is -0.384 e. The molecular formula is C11H12ClFO. The number of aliphatic hydroxyl groups is 1. The van der Waals surface area contributed by atoms with Gasteiger partial charge in [0.05, 0.1) is 11.1 Å². The van der Waals surface area contributed by atoms with Gasteiger partial charge in [0, 0.05) is 0 Å². The van der Waals surface area contributed by atoms with E-state index in [9.17, 15) is 9.50 Å². The Hall–Kier alpha value is -0.860. The normalized spacial score (nSPS) is 12.4. The number of hydrogen-bond acceptors (Lipinski definition) is 1. The second-order valence-electron chi connectivity index (χ2n) is 3.36. The average molecular weight is 215 g/mol. The van der Waals surface area contributed by atoms with Gasteiger partial charge in [0.25, 0.3) is 0 Å². The summed E-state index contributed by atoms with van der Waals surface area (Å²) in [6.45, 7) is 3.74. The Morgan fingerprint density at radius 1 is 1.50 bits per heavy atom. The molecule has 0 heterocycles. The van der Waals surface area contributed by atoms with Gasteiger partial charge in [-0.1, -0.05) is 29.3 Å². The first kappa shape index (κ1) is 11.2. The molecule has 76 valence electrons. The second-order valence-corrected chi connectivity index (χ2v) is 3.77. The van der Waals surface area contributed by atoms with E-state index in [2.05, 4.69) is 0 Å². The lowest BCUT2D eigenvalue weighted by molar-refractivity contribution is 0.227. The van der Waals surface area contributed by atoms with Crippen LogP contribution < -0.4 is 0 Å². The molecule has 1 aromatic carbocycles. The van der Waals surface area contributed by atoms with Crippen molar-refractivity contribution in [3.63, 3.8) is 0 Å². The van der Waals surface area contributed by atoms with Crippen LogP contribution in [0, 0.1) is 5.82 Å². The molecule has 0 radical (unpaired) electrons. The Balaban J connectivity index is 2.97. The predicted molar refractivity (Wildman–Crippen MR) is 55.8 cm³/mol. The maximum absolute atomic E-state index is 13.0. The van der Waals surface area contributed by atoms with E-state index in [1.54, 1.807) is 12.1 Å². The Kier molecular flexibility index (Phi) is 3.67. The van der Waals surface area contributed by atoms with Gasteiger partial charge in [-0.2, -0.15) is 0 Å². The molecule has 0 aliphatic rings. The van der Waals surface area contributed by atoms with Crippen LogP contribution in [-0.2, 0) is 0 Å². The molecule has 1 unspecified atom stereocenters. The molecule has 0 aliphatic carbocycles. The SMILES string of the molecule is CC(C)=CC(O)c1ccc(Cl)c(F)c1. The van der Waals surface area contributed by atoms with Crippen LogP contribution in [0.4, 0.5) is 4.39 Å². The van der Waals surface area contributed by atoms with E-state index in [1.807, 2.05) is 13.8 Å². The first-order chi connectivity index (χ1) is 6.50. The largest absolute Gasteiger partial charge is 0.384 e. The molecule has 1 atom stereocenters. The van der Waals surface area contributed by atoms with E-state index in [1.165, 1.54) is 12.1 Å². The van der Waals surface area contributed by atoms with Crippen LogP contribution in [0.5, 0.6) is 0 Å². The molecule has 0 aliphatic heterocycles. The Morgan fingerprint density at radius 3 is 2.64 bits per heavy atom. The molecule has 0 saturated carbocycles. The zero-order valence-corrected chi connectivity index (χ0v) is 8.85. The van der Waals surface area contributed by atoms with Crippen LogP contribution in [0.2, 0.25) is 5.02 Å². The zero-order valence-electron chi connectivity index (χ0n) is 8.09. The van der Waals surface area contributed by atoms with Crippen LogP contribution in [0.25, 0.3) is 0 Å². The molecule has 0 fully saturated rings. The third-order valence-electron chi connectivity index (χ3n) is 1.78. The Labute approximate surface area is 87.8 Å². The lowest BCUT2D eigenvalue weighted by Gasteiger charge is -2.07. The number of allylic oxidation sites excluding steroid dienone is 1. The van der Waals surface area contributed by atoms with Crippen LogP contribution in [-0.4, -0.2) is 5.11 Å². The number of halogens is 2. The summed E-state index contributed by atoms with van der Waals surface area (Å²) in [4.78, 5) is 0. The molecule has 0 spiro atoms. The topological polar surface area (TPSA) is 20.2 Å². The van der Waals surface area contributed by atoms with E-state index in [0.717, 1.165) is 5.57 Å². The highest BCUT2D eigenvalue weighted by molar-refractivity contribution is 6.30. The number of rotatable bonds is 2. The van der Waals surface area contributed by atoms with Crippen molar-refractivity contribution in [3.05, 3.63) is 46.3 Å². The van der Waals surface area contributed by atoms with Gasteiger partial charge in [-0.15, -0.1) is 0 Å². The number of aliphatic hydroxyl groups excluding tert-OH is 1. The molecule has 1 N–H and O–H groups in total. The summed E-state index contributed by atoms with van der Waals surface area (Å²) in [5, 5.41) is 9.69. The molecule has 3 heteroatoms. The van der Waals surface area contributed by atoms with Gasteiger partial charge in [-0.05, 0) is 31.5 Å². The van der Waals surface area contributed by atoms with E-state index < -0.39 is 11.9 Å². The summed E-state index contributed by atoms with van der Waals surface area (Å²) in [6.07, 6.45) is 0.884. The number of benzene rings is 1. The van der Waals surface area contributed by atoms with Crippen LogP contribution in [0.1, 0.15) is 25.5 Å². The molecule has 1 aromatic rings. The summed E-state index contributed by atoms with van der Waals surface area (Å²) in [5.74, 6) is -0.509. The molecule has 0 aromatic heterocycles. The minimum absolute atomic E-state index is 0.0677. The third-order valence-corrected chi connectivity index (χ3v) is 2.08. The second kappa shape index (κ2) is 4.58. The lowest BCUT2D eigenvalue weighted by atomic mass is 10.1. The molecule has 0 amide bonds. The highest BCUT2D eigenvalue weighted by Gasteiger charge is 2.07. The molecule has 14 heavy (non-hydrogen) atoms. The van der Waals surface area contributed by atoms with Gasteiger partial charge in [0.2, 0.25) is 0 Å². The molecule has 0 bridgehead atoms. The monoisotopic (exact) mass is 214 g/mol. The van der Waals surface area contributed by atoms with Crippen molar-refractivity contribution >= 4 is 11.6 Å². The zero-order chi connectivity index (χ0) is 10.7. The summed E-state index contributed by atoms with van der Waals surface area (Å²) < 4.78 is 13.0. The summed E-state index contributed by atoms with van der Waals surface area (Å²) in [7, 11) is 0. The van der Waals surface area contributed by atoms with Crippen molar-refractivity contribution in [3.8, 4) is 0 Å². The van der Waals surface area contributed by atoms with Gasteiger partial charge in [0.1, 0.15) is 5.82 Å². The summed E-state index contributed by atoms with van der Waals surface area (Å²) >= 11 is 5.52. The fourth-order valence-corrected chi connectivity index (χ4v) is 1.23. The fraction of sp³-hybridized carbons (Fsp3) is 0.273. The van der Waals surface area contributed by atoms with Gasteiger partial charge in [0.15, 0.2) is 0 Å². The highest BCUT2D eigenvalue weighted by Crippen LogP contribution is 2.21. The predicted octanol–water partition coefficient (Wildman–Crippen LogP) is 3.48. The van der Waals surface area contributed by atoms with Gasteiger partial charge < -0.3 is 5.11 Å². The third kappa shape index (κ3) is 2.82. The van der Waals surface area contributed by atoms with Crippen molar-refractivity contribution in [2.45, 2.75) is 20.0 Å². The van der Waals surface area contributed by atoms with E-state index >= 15 is 0 Å². The van der Waals surface area contributed by atoms with E-state index in [0.29, 0.717) is 5.56 Å². The van der Waals surface area contributed by atoms with Crippen molar-refractivity contribution in [2.24, 2.45) is 0 Å². The molecule has 1 nitrogen and oxygen atoms in total. The quantitative estimate of drug-likeness (QED) is 0.748. The fourth-order valence-electron chi connectivity index (χ4n) is 1.11. The maximum Gasteiger partial charge on any atom is 0.142 e. The molecule has 0 saturated heterocycles. The lowest BCUT2D eigenvalue weighted by Crippen LogP contribution is -1.94. The maximum atomic E-state index is 13.0. The first-order valence-corrected chi connectivity index (χ1v) is 4.66. The minimum atomic E-state index is -0.772. The van der Waals surface area contributed by atoms with Crippen molar-refractivity contribution < 1.29 is 9.50 Å². The first-order valence-electron chi connectivity index (χ1n) is 4.28. The van der Waals surface area contributed by atoms with E-state index in [-0.39, 0.29) is 5.02 Å². The standard InChI is InChI=1S/C11H12ClFO/c1-7(2)5-11(14)8-3-4-9(12)10(13)6-8/h3-6,11,14H,1-2H3. The van der Waals surface area contributed by atoms with Gasteiger partial charge in [-0.25, -0.2) is 4.39 Å². The summed E-state index contributed by atoms with van der Waals surface area (Å²) in [6, 6.07) is 4.29. The van der Waals surface area contributed by atoms with Crippen molar-refractivity contribution in [1.82, 2.24) is 0 Å². The Bertz CT molecular complexity index is 356. The highest BCUT2D eigenvalue weighted by atomic mass is 35.5. The summed E-state index contributed by atoms with van der Waals surface area (Å²) in [5.41, 5.74) is 1.49. The van der Waals surface area contributed by atoms with Crippen LogP contribution in [0.3, 0.4) is 0 Å². The van der Waals surface area contributed by atoms with Crippen LogP contribution >= 0.6 is 11.6 Å². The van der Waals surface area contributed by atoms with Gasteiger partial charge in [-0.3, -0.25) is 0 Å². The van der Waals surface area contributed by atoms with Crippen molar-refractivity contribution in [1.29, 1.82) is 0 Å².